The Labute approximate surface area is 148 Å². The predicted molar refractivity (Wildman–Crippen MR) is 89.0 cm³/mol. The van der Waals surface area contributed by atoms with Crippen LogP contribution in [0.2, 0.25) is 0 Å². The van der Waals surface area contributed by atoms with E-state index in [2.05, 4.69) is 10.2 Å². The summed E-state index contributed by atoms with van der Waals surface area (Å²) in [5, 5.41) is 2.42. The fraction of sp³-hybridized carbons (Fsp3) is 0.812. The van der Waals surface area contributed by atoms with E-state index in [4.69, 9.17) is 30.3 Å². The molecule has 0 rings (SSSR count). The largest absolute Gasteiger partial charge is 0.462 e. The Bertz CT molecular complexity index is 412. The van der Waals surface area contributed by atoms with E-state index >= 15 is 0 Å². The third-order valence-corrected chi connectivity index (χ3v) is 2.93. The zero-order valence-electron chi connectivity index (χ0n) is 15.1. The summed E-state index contributed by atoms with van der Waals surface area (Å²) < 4.78 is 25.6. The van der Waals surface area contributed by atoms with Crippen molar-refractivity contribution < 1.29 is 33.3 Å². The fourth-order valence-corrected chi connectivity index (χ4v) is 1.46. The summed E-state index contributed by atoms with van der Waals surface area (Å²) in [4.78, 5) is 26.2. The topological polar surface area (TPSA) is 96.7 Å². The lowest BCUT2D eigenvalue weighted by molar-refractivity contribution is -0.149. The van der Waals surface area contributed by atoms with Crippen molar-refractivity contribution in [3.8, 4) is 0 Å². The third kappa shape index (κ3) is 13.3. The molecule has 0 radical (unpaired) electrons. The molecule has 0 aliphatic carbocycles. The number of nitrogens with one attached hydrogen (secondary N) is 1. The van der Waals surface area contributed by atoms with Crippen LogP contribution in [0, 0.1) is 6.57 Å². The third-order valence-electron chi connectivity index (χ3n) is 2.93. The number of carbonyl (C=O) groups is 2. The van der Waals surface area contributed by atoms with E-state index < -0.39 is 24.0 Å². The molecular weight excluding hydrogens is 332 g/mol. The van der Waals surface area contributed by atoms with Crippen LogP contribution >= 0.6 is 0 Å². The number of amides is 1. The highest BCUT2D eigenvalue weighted by atomic mass is 16.6. The Morgan fingerprint density at radius 3 is 1.88 bits per heavy atom. The first-order valence-corrected chi connectivity index (χ1v) is 8.08. The molecule has 0 aliphatic heterocycles. The summed E-state index contributed by atoms with van der Waals surface area (Å²) in [6, 6.07) is -1.64. The van der Waals surface area contributed by atoms with E-state index in [-0.39, 0.29) is 13.2 Å². The molecular formula is C16H28N2O7. The maximum atomic E-state index is 11.7. The monoisotopic (exact) mass is 360 g/mol. The summed E-state index contributed by atoms with van der Waals surface area (Å²) >= 11 is 0. The average molecular weight is 360 g/mol. The van der Waals surface area contributed by atoms with Crippen molar-refractivity contribution in [2.24, 2.45) is 0 Å². The molecule has 0 aromatic carbocycles. The molecule has 0 fully saturated rings. The van der Waals surface area contributed by atoms with Crippen LogP contribution in [-0.4, -0.2) is 83.9 Å². The van der Waals surface area contributed by atoms with Crippen LogP contribution in [0.15, 0.2) is 0 Å². The van der Waals surface area contributed by atoms with Gasteiger partial charge >= 0.3 is 11.9 Å². The van der Waals surface area contributed by atoms with Crippen LogP contribution in [0.3, 0.4) is 0 Å². The zero-order chi connectivity index (χ0) is 18.9. The molecule has 1 N–H and O–H groups in total. The van der Waals surface area contributed by atoms with Gasteiger partial charge in [-0.2, -0.15) is 0 Å². The minimum Gasteiger partial charge on any atom is -0.462 e. The van der Waals surface area contributed by atoms with Gasteiger partial charge in [0, 0.05) is 14.0 Å². The summed E-state index contributed by atoms with van der Waals surface area (Å²) in [6.07, 6.45) is 0. The van der Waals surface area contributed by atoms with E-state index in [1.54, 1.807) is 7.11 Å². The molecule has 9 nitrogen and oxygen atoms in total. The van der Waals surface area contributed by atoms with E-state index in [1.165, 1.54) is 13.8 Å². The van der Waals surface area contributed by atoms with E-state index in [1.807, 2.05) is 0 Å². The van der Waals surface area contributed by atoms with E-state index in [0.29, 0.717) is 39.6 Å². The van der Waals surface area contributed by atoms with Gasteiger partial charge in [0.05, 0.1) is 46.2 Å². The molecule has 0 saturated heterocycles. The van der Waals surface area contributed by atoms with Crippen molar-refractivity contribution in [1.29, 1.82) is 0 Å². The van der Waals surface area contributed by atoms with Gasteiger partial charge < -0.3 is 33.8 Å². The molecule has 0 bridgehead atoms. The Morgan fingerprint density at radius 2 is 1.40 bits per heavy atom. The summed E-state index contributed by atoms with van der Waals surface area (Å²) in [7, 11) is 1.61. The van der Waals surface area contributed by atoms with E-state index in [0.717, 1.165) is 0 Å². The number of ether oxygens (including phenoxy) is 5. The van der Waals surface area contributed by atoms with Crippen molar-refractivity contribution in [3.05, 3.63) is 11.4 Å². The maximum absolute atomic E-state index is 11.7. The molecule has 9 heteroatoms. The molecule has 0 spiro atoms. The van der Waals surface area contributed by atoms with Gasteiger partial charge in [-0.15, -0.1) is 0 Å². The number of carbonyl (C=O) groups excluding carboxylic acids is 2. The van der Waals surface area contributed by atoms with Crippen LogP contribution in [0.1, 0.15) is 13.8 Å². The SMILES string of the molecule is [C-]#[N+][C@H](C)C(=O)N[C@@H](C)C(=O)OCCOCCOCCOCCOC. The number of esters is 1. The minimum atomic E-state index is -0.830. The average Bonchev–Trinajstić information content (AvgIpc) is 2.61. The molecule has 0 aromatic heterocycles. The number of methoxy groups -OCH3 is 1. The molecule has 144 valence electrons. The highest BCUT2D eigenvalue weighted by Gasteiger charge is 2.23. The summed E-state index contributed by atoms with van der Waals surface area (Å²) in [5.74, 6) is -1.07. The molecule has 0 unspecified atom stereocenters. The van der Waals surface area contributed by atoms with Gasteiger partial charge in [-0.3, -0.25) is 4.79 Å². The molecule has 0 aliphatic rings. The van der Waals surface area contributed by atoms with Gasteiger partial charge in [-0.1, -0.05) is 0 Å². The van der Waals surface area contributed by atoms with Crippen molar-refractivity contribution in [1.82, 2.24) is 5.32 Å². The molecule has 0 aromatic rings. The second-order valence-corrected chi connectivity index (χ2v) is 5.03. The van der Waals surface area contributed by atoms with Crippen LogP contribution in [0.5, 0.6) is 0 Å². The normalized spacial score (nSPS) is 12.9. The Balaban J connectivity index is 3.48. The van der Waals surface area contributed by atoms with Gasteiger partial charge in [0.2, 0.25) is 0 Å². The van der Waals surface area contributed by atoms with Crippen molar-refractivity contribution in [2.75, 3.05) is 60.0 Å². The summed E-state index contributed by atoms with van der Waals surface area (Å²) in [5.41, 5.74) is 0. The van der Waals surface area contributed by atoms with Crippen molar-refractivity contribution in [3.63, 3.8) is 0 Å². The molecule has 2 atom stereocenters. The highest BCUT2D eigenvalue weighted by molar-refractivity contribution is 5.88. The highest BCUT2D eigenvalue weighted by Crippen LogP contribution is 1.93. The Morgan fingerprint density at radius 1 is 0.920 bits per heavy atom. The lowest BCUT2D eigenvalue weighted by atomic mass is 10.3. The lowest BCUT2D eigenvalue weighted by Crippen LogP contribution is -2.43. The first-order valence-electron chi connectivity index (χ1n) is 8.08. The van der Waals surface area contributed by atoms with Crippen LogP contribution < -0.4 is 5.32 Å². The Hall–Kier alpha value is -1.73. The van der Waals surface area contributed by atoms with Gasteiger partial charge in [0.15, 0.2) is 0 Å². The molecule has 0 heterocycles. The summed E-state index contributed by atoms with van der Waals surface area (Å²) in [6.45, 7) is 12.9. The van der Waals surface area contributed by atoms with E-state index in [9.17, 15) is 9.59 Å². The first kappa shape index (κ1) is 23.3. The quantitative estimate of drug-likeness (QED) is 0.250. The van der Waals surface area contributed by atoms with Gasteiger partial charge in [-0.25, -0.2) is 11.4 Å². The number of rotatable bonds is 15. The molecule has 0 saturated carbocycles. The van der Waals surface area contributed by atoms with Crippen molar-refractivity contribution in [2.45, 2.75) is 25.9 Å². The van der Waals surface area contributed by atoms with Gasteiger partial charge in [0.1, 0.15) is 12.6 Å². The van der Waals surface area contributed by atoms with Gasteiger partial charge in [0.25, 0.3) is 6.04 Å². The zero-order valence-corrected chi connectivity index (χ0v) is 15.1. The number of hydrogen-bond acceptors (Lipinski definition) is 7. The lowest BCUT2D eigenvalue weighted by Gasteiger charge is -2.13. The Kier molecular flexibility index (Phi) is 14.7. The number of hydrogen-bond donors (Lipinski definition) is 1. The van der Waals surface area contributed by atoms with Crippen LogP contribution in [-0.2, 0) is 33.3 Å². The minimum absolute atomic E-state index is 0.0809. The standard InChI is InChI=1S/C16H28N2O7/c1-13(17-3)15(19)18-14(2)16(20)25-12-11-24-10-9-23-8-7-22-6-5-21-4/h13-14H,5-12H2,1-2,4H3,(H,18,19)/t13-,14+/m1/s1. The van der Waals surface area contributed by atoms with Crippen LogP contribution in [0.25, 0.3) is 4.85 Å². The molecule has 1 amide bonds. The first-order chi connectivity index (χ1) is 12.0. The maximum Gasteiger partial charge on any atom is 0.328 e. The smallest absolute Gasteiger partial charge is 0.328 e. The second kappa shape index (κ2) is 15.8. The van der Waals surface area contributed by atoms with Gasteiger partial charge in [-0.05, 0) is 6.92 Å². The predicted octanol–water partition coefficient (Wildman–Crippen LogP) is 0.0383. The number of nitrogens with zero attached hydrogens (tertiary/aromatic N) is 1. The fourth-order valence-electron chi connectivity index (χ4n) is 1.46. The van der Waals surface area contributed by atoms with Crippen LogP contribution in [0.4, 0.5) is 0 Å². The van der Waals surface area contributed by atoms with Crippen molar-refractivity contribution >= 4 is 11.9 Å². The second-order valence-electron chi connectivity index (χ2n) is 5.03. The molecule has 25 heavy (non-hydrogen) atoms.